The van der Waals surface area contributed by atoms with Gasteiger partial charge in [-0.1, -0.05) is 126 Å². The van der Waals surface area contributed by atoms with Crippen molar-refractivity contribution >= 4 is 12.5 Å². The van der Waals surface area contributed by atoms with Crippen molar-refractivity contribution in [1.29, 1.82) is 0 Å². The lowest BCUT2D eigenvalue weighted by molar-refractivity contribution is -0.107. The summed E-state index contributed by atoms with van der Waals surface area (Å²) in [6.45, 7) is 28.5. The van der Waals surface area contributed by atoms with Crippen LogP contribution < -0.4 is 5.32 Å². The van der Waals surface area contributed by atoms with Crippen molar-refractivity contribution in [3.8, 4) is 5.75 Å². The maximum atomic E-state index is 10.6. The van der Waals surface area contributed by atoms with Crippen LogP contribution in [-0.4, -0.2) is 37.7 Å². The van der Waals surface area contributed by atoms with Gasteiger partial charge < -0.3 is 15.2 Å². The predicted octanol–water partition coefficient (Wildman–Crippen LogP) is 10.2. The smallest absolute Gasteiger partial charge is 0.123 e. The Labute approximate surface area is 277 Å². The molecule has 0 atom stereocenters. The third kappa shape index (κ3) is 15.1. The summed E-state index contributed by atoms with van der Waals surface area (Å²) in [5, 5.41) is 13.7. The molecule has 0 aliphatic carbocycles. The Morgan fingerprint density at radius 1 is 0.644 bits per heavy atom. The molecule has 0 radical (unpaired) electrons. The number of hydrogen-bond acceptors (Lipinski definition) is 4. The van der Waals surface area contributed by atoms with Crippen LogP contribution in [0.1, 0.15) is 155 Å². The molecule has 2 rings (SSSR count). The van der Waals surface area contributed by atoms with Crippen LogP contribution in [0.15, 0.2) is 35.3 Å². The van der Waals surface area contributed by atoms with Crippen LogP contribution in [0.2, 0.25) is 0 Å². The van der Waals surface area contributed by atoms with Crippen molar-refractivity contribution < 1.29 is 9.90 Å². The molecule has 0 saturated heterocycles. The van der Waals surface area contributed by atoms with Gasteiger partial charge in [0, 0.05) is 13.0 Å². The number of aromatic hydroxyl groups is 1. The van der Waals surface area contributed by atoms with Gasteiger partial charge in [0.1, 0.15) is 12.0 Å². The number of carbonyl (C=O) groups excluding carboxylic acids is 1. The maximum Gasteiger partial charge on any atom is 0.123 e. The Morgan fingerprint density at radius 2 is 1.11 bits per heavy atom. The van der Waals surface area contributed by atoms with E-state index in [1.165, 1.54) is 42.4 Å². The van der Waals surface area contributed by atoms with E-state index in [0.29, 0.717) is 12.2 Å². The zero-order chi connectivity index (χ0) is 34.5. The number of benzene rings is 2. The zero-order valence-corrected chi connectivity index (χ0v) is 31.4. The van der Waals surface area contributed by atoms with Crippen molar-refractivity contribution in [2.45, 2.75) is 156 Å². The second-order valence-corrected chi connectivity index (χ2v) is 16.8. The van der Waals surface area contributed by atoms with Gasteiger partial charge in [0.05, 0.1) is 0 Å². The van der Waals surface area contributed by atoms with Gasteiger partial charge in [0.15, 0.2) is 0 Å². The highest BCUT2D eigenvalue weighted by atomic mass is 16.3. The van der Waals surface area contributed by atoms with Crippen molar-refractivity contribution in [2.24, 2.45) is 4.99 Å². The van der Waals surface area contributed by atoms with Crippen LogP contribution in [0.25, 0.3) is 0 Å². The van der Waals surface area contributed by atoms with Crippen molar-refractivity contribution in [3.05, 3.63) is 63.7 Å². The van der Waals surface area contributed by atoms with Crippen LogP contribution in [-0.2, 0) is 39.3 Å². The lowest BCUT2D eigenvalue weighted by atomic mass is 9.78. The minimum absolute atomic E-state index is 0.110. The molecule has 0 bridgehead atoms. The van der Waals surface area contributed by atoms with Crippen molar-refractivity contribution in [1.82, 2.24) is 5.32 Å². The van der Waals surface area contributed by atoms with Gasteiger partial charge in [-0.05, 0) is 107 Å². The molecule has 0 aliphatic heterocycles. The molecule has 254 valence electrons. The molecule has 0 heterocycles. The Hall–Kier alpha value is -2.46. The topological polar surface area (TPSA) is 61.7 Å². The molecule has 0 fully saturated rings. The Morgan fingerprint density at radius 3 is 1.56 bits per heavy atom. The van der Waals surface area contributed by atoms with E-state index in [1.54, 1.807) is 0 Å². The molecule has 0 aromatic heterocycles. The number of carbonyl (C=O) groups is 1. The van der Waals surface area contributed by atoms with E-state index in [2.05, 4.69) is 118 Å². The number of aryl methyl sites for hydroxylation is 2. The van der Waals surface area contributed by atoms with Crippen molar-refractivity contribution in [3.63, 3.8) is 0 Å². The standard InChI is InChI=1S/C24H42N2.C17H26O2/c1-23(2,3)21-17-20(18-22(19-21)24(4,5)6)13-12-16-26-15-11-9-8-10-14-25-7;1-16(2,3)13-10-12(8-7-9-18)11-14(15(13)19)17(4,5)6/h16-19,25H,8-15H2,1-7H3;9-11,19H,7-8H2,1-6H3. The van der Waals surface area contributed by atoms with Crippen LogP contribution in [0.4, 0.5) is 0 Å². The second-order valence-electron chi connectivity index (χ2n) is 16.8. The second kappa shape index (κ2) is 18.0. The van der Waals surface area contributed by atoms with E-state index in [9.17, 15) is 9.90 Å². The molecule has 2 N–H and O–H groups in total. The molecule has 4 heteroatoms. The van der Waals surface area contributed by atoms with E-state index in [-0.39, 0.29) is 21.7 Å². The quantitative estimate of drug-likeness (QED) is 0.133. The van der Waals surface area contributed by atoms with E-state index >= 15 is 0 Å². The normalized spacial score (nSPS) is 12.7. The zero-order valence-electron chi connectivity index (χ0n) is 31.4. The van der Waals surface area contributed by atoms with Crippen LogP contribution in [0.3, 0.4) is 0 Å². The number of phenols is 1. The summed E-state index contributed by atoms with van der Waals surface area (Å²) >= 11 is 0. The monoisotopic (exact) mass is 621 g/mol. The fourth-order valence-corrected chi connectivity index (χ4v) is 5.18. The summed E-state index contributed by atoms with van der Waals surface area (Å²) < 4.78 is 0. The summed E-state index contributed by atoms with van der Waals surface area (Å²) in [6, 6.07) is 11.3. The van der Waals surface area contributed by atoms with E-state index in [0.717, 1.165) is 55.3 Å². The number of unbranched alkanes of at least 4 members (excludes halogenated alkanes) is 3. The highest BCUT2D eigenvalue weighted by Crippen LogP contribution is 2.40. The molecule has 45 heavy (non-hydrogen) atoms. The predicted molar refractivity (Wildman–Crippen MR) is 198 cm³/mol. The first kappa shape index (κ1) is 40.6. The van der Waals surface area contributed by atoms with Crippen LogP contribution in [0, 0.1) is 0 Å². The fourth-order valence-electron chi connectivity index (χ4n) is 5.18. The van der Waals surface area contributed by atoms with Gasteiger partial charge in [0.25, 0.3) is 0 Å². The number of phenolic OH excluding ortho intramolecular Hbond substituents is 1. The average Bonchev–Trinajstić information content (AvgIpc) is 2.91. The third-order valence-electron chi connectivity index (χ3n) is 8.22. The Bertz CT molecular complexity index is 1130. The first-order chi connectivity index (χ1) is 20.7. The highest BCUT2D eigenvalue weighted by Gasteiger charge is 2.26. The molecule has 2 aromatic rings. The van der Waals surface area contributed by atoms with Crippen LogP contribution in [0.5, 0.6) is 5.75 Å². The molecule has 0 saturated carbocycles. The first-order valence-electron chi connectivity index (χ1n) is 17.3. The summed E-state index contributed by atoms with van der Waals surface area (Å²) in [5.74, 6) is 0.398. The fraction of sp³-hybridized carbons (Fsp3) is 0.659. The molecule has 0 amide bonds. The largest absolute Gasteiger partial charge is 0.507 e. The Balaban J connectivity index is 0.000000472. The lowest BCUT2D eigenvalue weighted by Gasteiger charge is -2.28. The Kier molecular flexibility index (Phi) is 16.2. The third-order valence-corrected chi connectivity index (χ3v) is 8.22. The van der Waals surface area contributed by atoms with Crippen LogP contribution >= 0.6 is 0 Å². The van der Waals surface area contributed by atoms with Gasteiger partial charge in [-0.25, -0.2) is 0 Å². The number of hydrogen-bond donors (Lipinski definition) is 2. The molecule has 4 nitrogen and oxygen atoms in total. The van der Waals surface area contributed by atoms with E-state index in [4.69, 9.17) is 0 Å². The van der Waals surface area contributed by atoms with Gasteiger partial charge in [-0.2, -0.15) is 0 Å². The maximum absolute atomic E-state index is 10.6. The summed E-state index contributed by atoms with van der Waals surface area (Å²) in [5.41, 5.74) is 7.54. The van der Waals surface area contributed by atoms with E-state index in [1.807, 2.05) is 19.2 Å². The van der Waals surface area contributed by atoms with Gasteiger partial charge in [-0.3, -0.25) is 4.99 Å². The summed E-state index contributed by atoms with van der Waals surface area (Å²) in [7, 11) is 2.02. The summed E-state index contributed by atoms with van der Waals surface area (Å²) in [4.78, 5) is 15.2. The number of rotatable bonds is 13. The SMILES string of the molecule is CC(C)(C)c1cc(CCC=O)cc(C(C)(C)C)c1O.CNCCCCCCN=CCCc1cc(C(C)(C)C)cc(C(C)(C)C)c1. The summed E-state index contributed by atoms with van der Waals surface area (Å²) in [6.07, 6.45) is 11.6. The molecule has 0 spiro atoms. The number of aldehydes is 1. The molecular formula is C41H68N2O2. The molecule has 0 unspecified atom stereocenters. The highest BCUT2D eigenvalue weighted by molar-refractivity contribution is 5.58. The van der Waals surface area contributed by atoms with Gasteiger partial charge in [0.2, 0.25) is 0 Å². The number of nitrogens with zero attached hydrogens (tertiary/aromatic N) is 1. The molecule has 0 aliphatic rings. The molecular weight excluding hydrogens is 552 g/mol. The van der Waals surface area contributed by atoms with Gasteiger partial charge in [-0.15, -0.1) is 0 Å². The van der Waals surface area contributed by atoms with Gasteiger partial charge >= 0.3 is 0 Å². The molecule has 2 aromatic carbocycles. The minimum Gasteiger partial charge on any atom is -0.507 e. The first-order valence-corrected chi connectivity index (χ1v) is 17.3. The average molecular weight is 621 g/mol. The lowest BCUT2D eigenvalue weighted by Crippen LogP contribution is -2.18. The minimum atomic E-state index is -0.110. The number of aliphatic imine (C=N–C) groups is 1. The van der Waals surface area contributed by atoms with E-state index < -0.39 is 0 Å². The van der Waals surface area contributed by atoms with Crippen molar-refractivity contribution in [2.75, 3.05) is 20.1 Å². The number of nitrogens with one attached hydrogen (secondary N) is 1.